The van der Waals surface area contributed by atoms with E-state index in [0.717, 1.165) is 6.07 Å². The number of phenolic OH excluding ortho intramolecular Hbond substituents is 3. The summed E-state index contributed by atoms with van der Waals surface area (Å²) >= 11 is 0. The maximum Gasteiger partial charge on any atom is 0.238 e. The van der Waals surface area contributed by atoms with Gasteiger partial charge in [0.2, 0.25) is 23.2 Å². The van der Waals surface area contributed by atoms with Crippen LogP contribution in [0.5, 0.6) is 28.7 Å². The number of aromatic hydroxyl groups is 4. The van der Waals surface area contributed by atoms with Crippen LogP contribution in [0.1, 0.15) is 0 Å². The van der Waals surface area contributed by atoms with E-state index < -0.39 is 64.0 Å². The summed E-state index contributed by atoms with van der Waals surface area (Å²) in [7, 11) is 0. The Labute approximate surface area is 173 Å². The first-order chi connectivity index (χ1) is 14.7. The maximum absolute atomic E-state index is 12.7. The molecule has 31 heavy (non-hydrogen) atoms. The van der Waals surface area contributed by atoms with E-state index in [9.17, 15) is 40.5 Å². The fourth-order valence-corrected chi connectivity index (χ4v) is 3.22. The molecule has 0 bridgehead atoms. The average molecular weight is 434 g/mol. The van der Waals surface area contributed by atoms with Crippen molar-refractivity contribution in [2.24, 2.45) is 0 Å². The van der Waals surface area contributed by atoms with Crippen molar-refractivity contribution in [3.8, 4) is 40.1 Å². The highest BCUT2D eigenvalue weighted by molar-refractivity contribution is 5.93. The molecule has 0 radical (unpaired) electrons. The predicted molar refractivity (Wildman–Crippen MR) is 103 cm³/mol. The molecule has 164 valence electrons. The molecule has 4 rings (SSSR count). The second-order valence-electron chi connectivity index (χ2n) is 6.97. The number of phenols is 3. The van der Waals surface area contributed by atoms with Crippen molar-refractivity contribution in [3.05, 3.63) is 40.6 Å². The Bertz CT molecular complexity index is 1180. The Morgan fingerprint density at radius 1 is 0.935 bits per heavy atom. The van der Waals surface area contributed by atoms with Crippen molar-refractivity contribution in [2.45, 2.75) is 24.6 Å². The predicted octanol–water partition coefficient (Wildman–Crippen LogP) is 0.100. The van der Waals surface area contributed by atoms with Gasteiger partial charge in [0.15, 0.2) is 17.1 Å². The van der Waals surface area contributed by atoms with E-state index in [0.29, 0.717) is 0 Å². The number of hydrogen-bond acceptors (Lipinski definition) is 11. The smallest absolute Gasteiger partial charge is 0.238 e. The molecule has 11 heteroatoms. The molecule has 1 aliphatic heterocycles. The normalized spacial score (nSPS) is 23.7. The molecule has 0 amide bonds. The summed E-state index contributed by atoms with van der Waals surface area (Å²) in [5, 5.41) is 69.2. The summed E-state index contributed by atoms with van der Waals surface area (Å²) in [4.78, 5) is 12.7. The van der Waals surface area contributed by atoms with Gasteiger partial charge in [0.25, 0.3) is 0 Å². The van der Waals surface area contributed by atoms with Gasteiger partial charge < -0.3 is 49.6 Å². The van der Waals surface area contributed by atoms with Gasteiger partial charge >= 0.3 is 0 Å². The second kappa shape index (κ2) is 7.63. The van der Waals surface area contributed by atoms with Crippen molar-refractivity contribution in [1.29, 1.82) is 0 Å². The minimum atomic E-state index is -1.72. The molecule has 4 atom stereocenters. The molecule has 2 heterocycles. The van der Waals surface area contributed by atoms with Gasteiger partial charge in [0.1, 0.15) is 35.2 Å². The number of aliphatic hydroxyl groups is 3. The third-order valence-electron chi connectivity index (χ3n) is 4.87. The van der Waals surface area contributed by atoms with Gasteiger partial charge in [-0.3, -0.25) is 4.79 Å². The first-order valence-electron chi connectivity index (χ1n) is 9.05. The van der Waals surface area contributed by atoms with Crippen LogP contribution in [0.2, 0.25) is 0 Å². The van der Waals surface area contributed by atoms with Crippen LogP contribution in [0, 0.1) is 0 Å². The van der Waals surface area contributed by atoms with Crippen LogP contribution in [0.15, 0.2) is 39.5 Å². The Hall–Kier alpha value is -3.51. The fourth-order valence-electron chi connectivity index (χ4n) is 3.22. The van der Waals surface area contributed by atoms with E-state index in [2.05, 4.69) is 0 Å². The number of benzene rings is 2. The van der Waals surface area contributed by atoms with E-state index in [1.165, 1.54) is 24.3 Å². The summed E-state index contributed by atoms with van der Waals surface area (Å²) in [6.45, 7) is -0.386. The highest BCUT2D eigenvalue weighted by Crippen LogP contribution is 2.43. The van der Waals surface area contributed by atoms with Crippen LogP contribution < -0.4 is 10.2 Å². The van der Waals surface area contributed by atoms with E-state index in [-0.39, 0.29) is 23.7 Å². The average Bonchev–Trinajstić information content (AvgIpc) is 2.73. The number of aliphatic hydroxyl groups excluding tert-OH is 3. The van der Waals surface area contributed by atoms with Crippen LogP contribution >= 0.6 is 0 Å². The zero-order valence-electron chi connectivity index (χ0n) is 15.7. The molecule has 0 saturated carbocycles. The van der Waals surface area contributed by atoms with Crippen LogP contribution in [0.25, 0.3) is 22.3 Å². The van der Waals surface area contributed by atoms with Gasteiger partial charge in [0, 0.05) is 11.6 Å². The third kappa shape index (κ3) is 3.49. The molecule has 11 nitrogen and oxygen atoms in total. The molecule has 3 aromatic rings. The van der Waals surface area contributed by atoms with E-state index in [4.69, 9.17) is 13.9 Å². The fraction of sp³-hybridized carbons (Fsp3) is 0.250. The summed E-state index contributed by atoms with van der Waals surface area (Å²) in [6.07, 6.45) is -6.25. The largest absolute Gasteiger partial charge is 0.508 e. The molecule has 7 N–H and O–H groups in total. The molecule has 0 aliphatic carbocycles. The molecule has 1 saturated heterocycles. The molecular formula is C20H18O11. The third-order valence-corrected chi connectivity index (χ3v) is 4.87. The molecule has 1 aromatic heterocycles. The summed E-state index contributed by atoms with van der Waals surface area (Å²) < 4.78 is 16.2. The second-order valence-corrected chi connectivity index (χ2v) is 6.97. The lowest BCUT2D eigenvalue weighted by Gasteiger charge is -2.35. The number of fused-ring (bicyclic) bond motifs is 1. The van der Waals surface area contributed by atoms with Gasteiger partial charge in [-0.25, -0.2) is 0 Å². The minimum absolute atomic E-state index is 0.0742. The monoisotopic (exact) mass is 434 g/mol. The number of ether oxygens (including phenoxy) is 2. The van der Waals surface area contributed by atoms with Crippen molar-refractivity contribution < 1.29 is 49.6 Å². The Balaban J connectivity index is 1.89. The van der Waals surface area contributed by atoms with Gasteiger partial charge in [-0.2, -0.15) is 0 Å². The summed E-state index contributed by atoms with van der Waals surface area (Å²) in [5.74, 6) is -3.16. The molecule has 0 spiro atoms. The molecule has 1 aliphatic rings. The molecule has 0 unspecified atom stereocenters. The minimum Gasteiger partial charge on any atom is -0.508 e. The van der Waals surface area contributed by atoms with Crippen molar-refractivity contribution >= 4 is 11.0 Å². The van der Waals surface area contributed by atoms with Crippen LogP contribution in [-0.4, -0.2) is 67.0 Å². The lowest BCUT2D eigenvalue weighted by atomic mass is 10.1. The zero-order valence-corrected chi connectivity index (χ0v) is 15.7. The molecule has 2 aromatic carbocycles. The number of hydrogen-bond donors (Lipinski definition) is 7. The summed E-state index contributed by atoms with van der Waals surface area (Å²) in [6, 6.07) is 6.06. The van der Waals surface area contributed by atoms with Crippen LogP contribution in [0.3, 0.4) is 0 Å². The topological polar surface area (TPSA) is 190 Å². The zero-order chi connectivity index (χ0) is 22.4. The number of rotatable bonds is 3. The Morgan fingerprint density at radius 2 is 1.61 bits per heavy atom. The van der Waals surface area contributed by atoms with E-state index in [1.54, 1.807) is 0 Å². The van der Waals surface area contributed by atoms with Gasteiger partial charge in [-0.15, -0.1) is 0 Å². The van der Waals surface area contributed by atoms with Gasteiger partial charge in [0.05, 0.1) is 6.61 Å². The SMILES string of the molecule is O=c1c(O)c(-c2ccc(O)cc2)oc2c(O[C@@H]3OC[C@H](O)[C@H](O)[C@@H]3O)c(O)cc(O)c12. The Kier molecular flexibility index (Phi) is 5.11. The summed E-state index contributed by atoms with van der Waals surface area (Å²) in [5.41, 5.74) is -1.32. The van der Waals surface area contributed by atoms with Crippen molar-refractivity contribution in [3.63, 3.8) is 0 Å². The molecular weight excluding hydrogens is 416 g/mol. The first-order valence-corrected chi connectivity index (χ1v) is 9.05. The lowest BCUT2D eigenvalue weighted by molar-refractivity contribution is -0.242. The van der Waals surface area contributed by atoms with Crippen molar-refractivity contribution in [2.75, 3.05) is 6.61 Å². The van der Waals surface area contributed by atoms with Gasteiger partial charge in [-0.05, 0) is 24.3 Å². The highest BCUT2D eigenvalue weighted by Gasteiger charge is 2.40. The lowest BCUT2D eigenvalue weighted by Crippen LogP contribution is -2.54. The van der Waals surface area contributed by atoms with Crippen LogP contribution in [0.4, 0.5) is 0 Å². The van der Waals surface area contributed by atoms with Gasteiger partial charge in [-0.1, -0.05) is 0 Å². The first kappa shape index (κ1) is 20.8. The standard InChI is InChI=1S/C20H18O11/c21-8-3-1-7(2-4-8)17-15(27)14(26)12-9(22)5-10(23)18(19(12)30-17)31-20-16(28)13(25)11(24)6-29-20/h1-5,11,13,16,20-25,27-28H,6H2/t11-,13-,16-,20-/m0/s1. The highest BCUT2D eigenvalue weighted by atomic mass is 16.7. The van der Waals surface area contributed by atoms with E-state index >= 15 is 0 Å². The quantitative estimate of drug-likeness (QED) is 0.296. The van der Waals surface area contributed by atoms with Crippen molar-refractivity contribution in [1.82, 2.24) is 0 Å². The Morgan fingerprint density at radius 3 is 2.29 bits per heavy atom. The van der Waals surface area contributed by atoms with Crippen LogP contribution in [-0.2, 0) is 4.74 Å². The molecule has 1 fully saturated rings. The maximum atomic E-state index is 12.7. The van der Waals surface area contributed by atoms with E-state index in [1.807, 2.05) is 0 Å².